The summed E-state index contributed by atoms with van der Waals surface area (Å²) >= 11 is 0. The van der Waals surface area contributed by atoms with Crippen LogP contribution in [0.25, 0.3) is 0 Å². The number of carboxylic acids is 1. The van der Waals surface area contributed by atoms with Crippen LogP contribution in [0.2, 0.25) is 0 Å². The molecule has 0 aromatic heterocycles. The molecule has 2 N–H and O–H groups in total. The van der Waals surface area contributed by atoms with Gasteiger partial charge in [-0.05, 0) is 62.6 Å². The third-order valence-corrected chi connectivity index (χ3v) is 5.91. The van der Waals surface area contributed by atoms with Crippen molar-refractivity contribution in [2.24, 2.45) is 4.99 Å². The van der Waals surface area contributed by atoms with Crippen LogP contribution < -0.4 is 10.1 Å². The predicted octanol–water partition coefficient (Wildman–Crippen LogP) is 6.14. The molecule has 0 radical (unpaired) electrons. The molecule has 168 valence electrons. The van der Waals surface area contributed by atoms with E-state index in [9.17, 15) is 9.90 Å². The zero-order valence-corrected chi connectivity index (χ0v) is 19.7. The first-order valence-corrected chi connectivity index (χ1v) is 10.8. The van der Waals surface area contributed by atoms with Crippen LogP contribution in [-0.2, 0) is 0 Å². The minimum absolute atomic E-state index is 0. The average molecular weight is 453 g/mol. The highest BCUT2D eigenvalue weighted by Crippen LogP contribution is 2.48. The van der Waals surface area contributed by atoms with E-state index < -0.39 is 5.97 Å². The molecule has 2 aromatic rings. The van der Waals surface area contributed by atoms with Crippen LogP contribution in [-0.4, -0.2) is 29.9 Å². The van der Waals surface area contributed by atoms with Crippen molar-refractivity contribution in [3.05, 3.63) is 81.6 Å². The Labute approximate surface area is 195 Å². The van der Waals surface area contributed by atoms with Crippen molar-refractivity contribution in [1.82, 2.24) is 0 Å². The minimum Gasteiger partial charge on any atom is -0.478 e. The van der Waals surface area contributed by atoms with Gasteiger partial charge in [0.25, 0.3) is 0 Å². The fraction of sp³-hybridized carbons (Fsp3) is 0.308. The molecule has 0 spiro atoms. The number of carboxylic acid groups (broad SMARTS) is 1. The number of hydrogen-bond acceptors (Lipinski definition) is 4. The van der Waals surface area contributed by atoms with Gasteiger partial charge in [0.2, 0.25) is 0 Å². The van der Waals surface area contributed by atoms with E-state index in [4.69, 9.17) is 4.74 Å². The molecule has 1 unspecified atom stereocenters. The number of nitrogens with zero attached hydrogens (tertiary/aromatic N) is 1. The van der Waals surface area contributed by atoms with Crippen LogP contribution >= 0.6 is 12.4 Å². The van der Waals surface area contributed by atoms with Crippen LogP contribution in [0.4, 0.5) is 5.69 Å². The van der Waals surface area contributed by atoms with Crippen LogP contribution in [0.3, 0.4) is 0 Å². The van der Waals surface area contributed by atoms with Gasteiger partial charge in [-0.2, -0.15) is 0 Å². The molecule has 4 rings (SSSR count). The number of anilines is 1. The molecule has 1 aliphatic heterocycles. The van der Waals surface area contributed by atoms with Gasteiger partial charge in [0, 0.05) is 54.0 Å². The lowest BCUT2D eigenvalue weighted by atomic mass is 9.76. The molecule has 6 heteroatoms. The number of aliphatic imine (C=N–C) groups is 1. The van der Waals surface area contributed by atoms with Crippen LogP contribution in [0.1, 0.15) is 60.2 Å². The molecule has 0 bridgehead atoms. The number of ether oxygens (including phenoxy) is 1. The lowest BCUT2D eigenvalue weighted by Gasteiger charge is -2.34. The molecule has 0 amide bonds. The Kier molecular flexibility index (Phi) is 7.09. The molecule has 2 aromatic carbocycles. The summed E-state index contributed by atoms with van der Waals surface area (Å²) in [6.07, 6.45) is 2.73. The Hall–Kier alpha value is -3.05. The molecule has 0 saturated heterocycles. The van der Waals surface area contributed by atoms with Gasteiger partial charge in [-0.1, -0.05) is 18.2 Å². The second kappa shape index (κ2) is 9.61. The van der Waals surface area contributed by atoms with E-state index in [2.05, 4.69) is 43.2 Å². The van der Waals surface area contributed by atoms with E-state index in [0.717, 1.165) is 63.8 Å². The van der Waals surface area contributed by atoms with Gasteiger partial charge in [-0.3, -0.25) is 4.99 Å². The normalized spacial score (nSPS) is 18.2. The summed E-state index contributed by atoms with van der Waals surface area (Å²) in [6, 6.07) is 11.4. The molecule has 0 saturated carbocycles. The topological polar surface area (TPSA) is 70.9 Å². The molecule has 0 fully saturated rings. The predicted molar refractivity (Wildman–Crippen MR) is 132 cm³/mol. The second-order valence-corrected chi connectivity index (χ2v) is 7.97. The first kappa shape index (κ1) is 23.6. The molecule has 1 atom stereocenters. The summed E-state index contributed by atoms with van der Waals surface area (Å²) in [5.74, 6) is 0.492. The molecular formula is C26H29ClN2O3. The number of aryl methyl sites for hydroxylation is 1. The molecule has 5 nitrogen and oxygen atoms in total. The van der Waals surface area contributed by atoms with Gasteiger partial charge in [0.05, 0.1) is 5.56 Å². The number of allylic oxidation sites excluding steroid dienone is 4. The quantitative estimate of drug-likeness (QED) is 0.571. The first-order chi connectivity index (χ1) is 14.9. The van der Waals surface area contributed by atoms with Gasteiger partial charge in [-0.15, -0.1) is 12.4 Å². The van der Waals surface area contributed by atoms with Gasteiger partial charge in [-0.25, -0.2) is 4.79 Å². The summed E-state index contributed by atoms with van der Waals surface area (Å²) in [5, 5.41) is 13.3. The largest absolute Gasteiger partial charge is 0.478 e. The summed E-state index contributed by atoms with van der Waals surface area (Å²) < 4.78 is 6.42. The van der Waals surface area contributed by atoms with E-state index in [0.29, 0.717) is 12.0 Å². The highest BCUT2D eigenvalue weighted by Gasteiger charge is 2.35. The number of fused-ring (bicyclic) bond motifs is 1. The van der Waals surface area contributed by atoms with Crippen LogP contribution in [0, 0.1) is 6.92 Å². The van der Waals surface area contributed by atoms with Gasteiger partial charge >= 0.3 is 5.97 Å². The van der Waals surface area contributed by atoms with Gasteiger partial charge in [0.15, 0.2) is 0 Å². The number of hydrogen-bond donors (Lipinski definition) is 2. The van der Waals surface area contributed by atoms with E-state index in [-0.39, 0.29) is 18.3 Å². The number of nitrogens with one attached hydrogen (secondary N) is 1. The third-order valence-electron chi connectivity index (χ3n) is 5.91. The highest BCUT2D eigenvalue weighted by molar-refractivity contribution is 6.03. The van der Waals surface area contributed by atoms with Crippen molar-refractivity contribution >= 4 is 29.8 Å². The molecular weight excluding hydrogens is 424 g/mol. The number of aromatic carboxylic acids is 1. The first-order valence-electron chi connectivity index (χ1n) is 10.8. The maximum atomic E-state index is 12.1. The minimum atomic E-state index is -0.920. The van der Waals surface area contributed by atoms with E-state index in [1.165, 1.54) is 0 Å². The Bertz CT molecular complexity index is 1150. The van der Waals surface area contributed by atoms with Crippen molar-refractivity contribution < 1.29 is 14.6 Å². The smallest absolute Gasteiger partial charge is 0.335 e. The SMILES string of the molecule is CCN=C1CC2=C(C=C1C)C(c1ccccc1C(=O)O)c1cc(C)c(NCC)cc1O2.Cl. The fourth-order valence-corrected chi connectivity index (χ4v) is 4.49. The second-order valence-electron chi connectivity index (χ2n) is 7.97. The third kappa shape index (κ3) is 4.17. The fourth-order valence-electron chi connectivity index (χ4n) is 4.49. The Morgan fingerprint density at radius 2 is 1.94 bits per heavy atom. The summed E-state index contributed by atoms with van der Waals surface area (Å²) in [7, 11) is 0. The Balaban J connectivity index is 0.00000289. The lowest BCUT2D eigenvalue weighted by molar-refractivity contribution is 0.0695. The van der Waals surface area contributed by atoms with Gasteiger partial charge < -0.3 is 15.2 Å². The molecule has 1 heterocycles. The molecule has 2 aliphatic rings. The zero-order chi connectivity index (χ0) is 22.1. The number of rotatable bonds is 5. The van der Waals surface area contributed by atoms with E-state index in [1.54, 1.807) is 12.1 Å². The molecule has 1 aliphatic carbocycles. The maximum Gasteiger partial charge on any atom is 0.335 e. The van der Waals surface area contributed by atoms with Crippen molar-refractivity contribution in [2.75, 3.05) is 18.4 Å². The van der Waals surface area contributed by atoms with Crippen LogP contribution in [0.5, 0.6) is 5.75 Å². The average Bonchev–Trinajstić information content (AvgIpc) is 2.74. The van der Waals surface area contributed by atoms with Crippen molar-refractivity contribution in [1.29, 1.82) is 0 Å². The van der Waals surface area contributed by atoms with E-state index in [1.807, 2.05) is 25.1 Å². The maximum absolute atomic E-state index is 12.1. The highest BCUT2D eigenvalue weighted by atomic mass is 35.5. The summed E-state index contributed by atoms with van der Waals surface area (Å²) in [5.41, 5.74) is 7.37. The monoisotopic (exact) mass is 452 g/mol. The lowest BCUT2D eigenvalue weighted by Crippen LogP contribution is -2.23. The number of halogens is 1. The van der Waals surface area contributed by atoms with Crippen molar-refractivity contribution in [3.8, 4) is 5.75 Å². The number of carbonyl (C=O) groups is 1. The van der Waals surface area contributed by atoms with Crippen LogP contribution in [0.15, 0.2) is 64.4 Å². The zero-order valence-electron chi connectivity index (χ0n) is 18.9. The Morgan fingerprint density at radius 1 is 1.19 bits per heavy atom. The van der Waals surface area contributed by atoms with Gasteiger partial charge in [0.1, 0.15) is 11.5 Å². The summed E-state index contributed by atoms with van der Waals surface area (Å²) in [4.78, 5) is 16.7. The Morgan fingerprint density at radius 3 is 2.62 bits per heavy atom. The molecule has 32 heavy (non-hydrogen) atoms. The van der Waals surface area contributed by atoms with E-state index >= 15 is 0 Å². The summed E-state index contributed by atoms with van der Waals surface area (Å²) in [6.45, 7) is 9.75. The van der Waals surface area contributed by atoms with Crippen molar-refractivity contribution in [3.63, 3.8) is 0 Å². The van der Waals surface area contributed by atoms with Crippen molar-refractivity contribution in [2.45, 2.75) is 40.0 Å². The standard InChI is InChI=1S/C26H28N2O3.ClH/c1-5-27-21-13-23-19(11-15(21)3)25(17-9-7-8-10-18(17)26(29)30)20-12-16(4)22(28-6-2)14-24(20)31-23;/h7-13,25,27H,5-6,14H2,1-4H3,(H,29,30);1H. The number of benzene rings is 2.